The number of thioether (sulfide) groups is 1. The quantitative estimate of drug-likeness (QED) is 0.767. The first-order valence-electron chi connectivity index (χ1n) is 4.75. The molecule has 2 atom stereocenters. The van der Waals surface area contributed by atoms with Gasteiger partial charge < -0.3 is 9.84 Å². The standard InChI is InChI=1S/C9H13N3O2S/c1-4-9(2)6-5(7(13)14-9)11-12-8(10-6)15-3/h7,13H,4H2,1-3H3. The van der Waals surface area contributed by atoms with Crippen LogP contribution in [0.4, 0.5) is 0 Å². The Hall–Kier alpha value is -0.720. The van der Waals surface area contributed by atoms with Crippen LogP contribution >= 0.6 is 11.8 Å². The molecule has 0 fully saturated rings. The Labute approximate surface area is 92.3 Å². The van der Waals surface area contributed by atoms with Crippen molar-refractivity contribution < 1.29 is 9.84 Å². The number of ether oxygens (including phenoxy) is 1. The van der Waals surface area contributed by atoms with E-state index in [2.05, 4.69) is 15.2 Å². The Balaban J connectivity index is 2.52. The number of rotatable bonds is 2. The zero-order valence-electron chi connectivity index (χ0n) is 8.89. The minimum atomic E-state index is -0.999. The summed E-state index contributed by atoms with van der Waals surface area (Å²) in [6.45, 7) is 3.89. The van der Waals surface area contributed by atoms with Crippen LogP contribution in [0.15, 0.2) is 5.16 Å². The number of aromatic nitrogens is 3. The Morgan fingerprint density at radius 3 is 2.87 bits per heavy atom. The monoisotopic (exact) mass is 227 g/mol. The molecule has 1 aromatic heterocycles. The number of fused-ring (bicyclic) bond motifs is 1. The average Bonchev–Trinajstić information content (AvgIpc) is 2.52. The fourth-order valence-corrected chi connectivity index (χ4v) is 1.88. The van der Waals surface area contributed by atoms with E-state index in [1.807, 2.05) is 20.1 Å². The largest absolute Gasteiger partial charge is 0.363 e. The zero-order chi connectivity index (χ0) is 11.1. The second-order valence-electron chi connectivity index (χ2n) is 3.59. The smallest absolute Gasteiger partial charge is 0.209 e. The van der Waals surface area contributed by atoms with E-state index < -0.39 is 11.9 Å². The second kappa shape index (κ2) is 3.70. The van der Waals surface area contributed by atoms with E-state index in [9.17, 15) is 5.11 Å². The van der Waals surface area contributed by atoms with Crippen molar-refractivity contribution in [1.29, 1.82) is 0 Å². The molecule has 1 aliphatic rings. The molecule has 0 bridgehead atoms. The summed E-state index contributed by atoms with van der Waals surface area (Å²) in [4.78, 5) is 4.35. The van der Waals surface area contributed by atoms with E-state index in [1.54, 1.807) is 0 Å². The molecule has 6 heteroatoms. The summed E-state index contributed by atoms with van der Waals surface area (Å²) in [5.74, 6) is 0. The van der Waals surface area contributed by atoms with Gasteiger partial charge >= 0.3 is 0 Å². The Morgan fingerprint density at radius 1 is 1.53 bits per heavy atom. The lowest BCUT2D eigenvalue weighted by Gasteiger charge is -2.21. The van der Waals surface area contributed by atoms with E-state index in [4.69, 9.17) is 4.74 Å². The van der Waals surface area contributed by atoms with Crippen LogP contribution in [0.2, 0.25) is 0 Å². The molecule has 0 aromatic carbocycles. The van der Waals surface area contributed by atoms with Gasteiger partial charge in [-0.3, -0.25) is 0 Å². The molecule has 0 spiro atoms. The van der Waals surface area contributed by atoms with Crippen molar-refractivity contribution in [3.8, 4) is 0 Å². The predicted molar refractivity (Wildman–Crippen MR) is 55.3 cm³/mol. The second-order valence-corrected chi connectivity index (χ2v) is 4.36. The van der Waals surface area contributed by atoms with E-state index in [0.29, 0.717) is 16.5 Å². The van der Waals surface area contributed by atoms with Crippen LogP contribution in [-0.2, 0) is 10.3 Å². The van der Waals surface area contributed by atoms with Crippen LogP contribution in [0.1, 0.15) is 37.9 Å². The van der Waals surface area contributed by atoms with Crippen LogP contribution in [0.3, 0.4) is 0 Å². The van der Waals surface area contributed by atoms with E-state index in [-0.39, 0.29) is 0 Å². The summed E-state index contributed by atoms with van der Waals surface area (Å²) < 4.78 is 5.45. The summed E-state index contributed by atoms with van der Waals surface area (Å²) in [6, 6.07) is 0. The third kappa shape index (κ3) is 1.62. The number of aliphatic hydroxyl groups is 1. The molecule has 5 nitrogen and oxygen atoms in total. The van der Waals surface area contributed by atoms with Crippen molar-refractivity contribution in [3.63, 3.8) is 0 Å². The molecule has 82 valence electrons. The molecule has 0 amide bonds. The summed E-state index contributed by atoms with van der Waals surface area (Å²) >= 11 is 1.43. The lowest BCUT2D eigenvalue weighted by molar-refractivity contribution is -0.168. The first kappa shape index (κ1) is 10.8. The molecular formula is C9H13N3O2S. The van der Waals surface area contributed by atoms with Crippen molar-refractivity contribution in [2.45, 2.75) is 37.3 Å². The Kier molecular flexibility index (Phi) is 2.66. The molecule has 1 aromatic rings. The van der Waals surface area contributed by atoms with Crippen molar-refractivity contribution in [3.05, 3.63) is 11.4 Å². The number of aliphatic hydroxyl groups excluding tert-OH is 1. The fourth-order valence-electron chi connectivity index (χ4n) is 1.57. The molecule has 15 heavy (non-hydrogen) atoms. The molecule has 0 aliphatic carbocycles. The van der Waals surface area contributed by atoms with Crippen LogP contribution in [-0.4, -0.2) is 26.5 Å². The topological polar surface area (TPSA) is 68.1 Å². The maximum atomic E-state index is 9.64. The predicted octanol–water partition coefficient (Wildman–Crippen LogP) is 1.24. The highest BCUT2D eigenvalue weighted by Gasteiger charge is 2.42. The van der Waals surface area contributed by atoms with Crippen LogP contribution in [0.25, 0.3) is 0 Å². The number of hydrogen-bond donors (Lipinski definition) is 1. The van der Waals surface area contributed by atoms with Gasteiger partial charge in [0.05, 0.1) is 0 Å². The lowest BCUT2D eigenvalue weighted by atomic mass is 9.99. The molecule has 0 saturated heterocycles. The normalized spacial score (nSPS) is 29.2. The highest BCUT2D eigenvalue weighted by Crippen LogP contribution is 2.41. The highest BCUT2D eigenvalue weighted by molar-refractivity contribution is 7.98. The number of hydrogen-bond acceptors (Lipinski definition) is 6. The summed E-state index contributed by atoms with van der Waals surface area (Å²) in [7, 11) is 0. The summed E-state index contributed by atoms with van der Waals surface area (Å²) in [5.41, 5.74) is 0.601. The molecule has 0 radical (unpaired) electrons. The van der Waals surface area contributed by atoms with Gasteiger partial charge in [0.1, 0.15) is 17.0 Å². The lowest BCUT2D eigenvalue weighted by Crippen LogP contribution is -2.21. The third-order valence-electron chi connectivity index (χ3n) is 2.66. The fraction of sp³-hybridized carbons (Fsp3) is 0.667. The maximum Gasteiger partial charge on any atom is 0.209 e. The van der Waals surface area contributed by atoms with Crippen LogP contribution in [0.5, 0.6) is 0 Å². The van der Waals surface area contributed by atoms with Crippen molar-refractivity contribution in [2.75, 3.05) is 6.26 Å². The van der Waals surface area contributed by atoms with Gasteiger partial charge in [-0.2, -0.15) is 0 Å². The minimum Gasteiger partial charge on any atom is -0.363 e. The van der Waals surface area contributed by atoms with Crippen molar-refractivity contribution in [1.82, 2.24) is 15.2 Å². The van der Waals surface area contributed by atoms with E-state index in [1.165, 1.54) is 11.8 Å². The van der Waals surface area contributed by atoms with Gasteiger partial charge in [0.25, 0.3) is 0 Å². The molecule has 2 rings (SSSR count). The van der Waals surface area contributed by atoms with Gasteiger partial charge in [-0.25, -0.2) is 4.98 Å². The minimum absolute atomic E-state index is 0.442. The van der Waals surface area contributed by atoms with Crippen LogP contribution < -0.4 is 0 Å². The highest BCUT2D eigenvalue weighted by atomic mass is 32.2. The van der Waals surface area contributed by atoms with Gasteiger partial charge in [-0.05, 0) is 19.6 Å². The third-order valence-corrected chi connectivity index (χ3v) is 3.20. The molecular weight excluding hydrogens is 214 g/mol. The van der Waals surface area contributed by atoms with Gasteiger partial charge in [0, 0.05) is 0 Å². The summed E-state index contributed by atoms with van der Waals surface area (Å²) in [6.07, 6.45) is 1.63. The first-order chi connectivity index (χ1) is 7.10. The molecule has 0 saturated carbocycles. The van der Waals surface area contributed by atoms with Gasteiger partial charge in [-0.15, -0.1) is 10.2 Å². The zero-order valence-corrected chi connectivity index (χ0v) is 9.71. The van der Waals surface area contributed by atoms with Crippen LogP contribution in [0, 0.1) is 0 Å². The molecule has 2 unspecified atom stereocenters. The molecule has 2 heterocycles. The molecule has 1 aliphatic heterocycles. The summed E-state index contributed by atoms with van der Waals surface area (Å²) in [5, 5.41) is 18.1. The van der Waals surface area contributed by atoms with Crippen molar-refractivity contribution in [2.24, 2.45) is 0 Å². The van der Waals surface area contributed by atoms with E-state index >= 15 is 0 Å². The van der Waals surface area contributed by atoms with Gasteiger partial charge in [-0.1, -0.05) is 18.7 Å². The van der Waals surface area contributed by atoms with Gasteiger partial charge in [0.15, 0.2) is 0 Å². The maximum absolute atomic E-state index is 9.64. The molecule has 1 N–H and O–H groups in total. The average molecular weight is 227 g/mol. The SMILES string of the molecule is CCC1(C)OC(O)c2nnc(SC)nc21. The van der Waals surface area contributed by atoms with Crippen molar-refractivity contribution >= 4 is 11.8 Å². The Bertz CT molecular complexity index is 388. The Morgan fingerprint density at radius 2 is 2.27 bits per heavy atom. The van der Waals surface area contributed by atoms with Gasteiger partial charge in [0.2, 0.25) is 11.4 Å². The number of nitrogens with zero attached hydrogens (tertiary/aromatic N) is 3. The van der Waals surface area contributed by atoms with E-state index in [0.717, 1.165) is 6.42 Å². The first-order valence-corrected chi connectivity index (χ1v) is 5.98.